The fourth-order valence-electron chi connectivity index (χ4n) is 3.69. The van der Waals surface area contributed by atoms with Crippen LogP contribution >= 0.6 is 0 Å². The first-order valence-electron chi connectivity index (χ1n) is 8.74. The zero-order chi connectivity index (χ0) is 15.2. The van der Waals surface area contributed by atoms with Crippen molar-refractivity contribution in [1.82, 2.24) is 25.2 Å². The minimum absolute atomic E-state index is 0.756. The molecular weight excluding hydrogens is 274 g/mol. The largest absolute Gasteiger partial charge is 0.314 e. The van der Waals surface area contributed by atoms with E-state index in [4.69, 9.17) is 0 Å². The first kappa shape index (κ1) is 15.7. The molecule has 5 heteroatoms. The Morgan fingerprint density at radius 3 is 2.73 bits per heavy atom. The molecule has 0 radical (unpaired) electrons. The molecule has 1 unspecified atom stereocenters. The van der Waals surface area contributed by atoms with E-state index in [0.717, 1.165) is 30.6 Å². The van der Waals surface area contributed by atoms with E-state index >= 15 is 0 Å². The van der Waals surface area contributed by atoms with E-state index in [0.29, 0.717) is 0 Å². The van der Waals surface area contributed by atoms with Crippen LogP contribution in [0.3, 0.4) is 0 Å². The Kier molecular flexibility index (Phi) is 5.62. The average Bonchev–Trinajstić information content (AvgIpc) is 2.98. The Hall–Kier alpha value is -1.20. The van der Waals surface area contributed by atoms with Gasteiger partial charge in [-0.15, -0.1) is 5.10 Å². The van der Waals surface area contributed by atoms with Crippen LogP contribution in [0.1, 0.15) is 37.8 Å². The van der Waals surface area contributed by atoms with Gasteiger partial charge in [0.2, 0.25) is 0 Å². The van der Waals surface area contributed by atoms with Gasteiger partial charge in [0.15, 0.2) is 0 Å². The molecule has 0 amide bonds. The van der Waals surface area contributed by atoms with Crippen molar-refractivity contribution < 1.29 is 0 Å². The van der Waals surface area contributed by atoms with E-state index in [-0.39, 0.29) is 0 Å². The molecule has 1 aromatic heterocycles. The van der Waals surface area contributed by atoms with E-state index in [1.54, 1.807) is 0 Å². The highest BCUT2D eigenvalue weighted by molar-refractivity contribution is 4.92. The van der Waals surface area contributed by atoms with Crippen LogP contribution in [-0.4, -0.2) is 46.6 Å². The van der Waals surface area contributed by atoms with Crippen LogP contribution in [0.2, 0.25) is 0 Å². The molecule has 0 aromatic carbocycles. The number of nitrogens with one attached hydrogen (secondary N) is 1. The Morgan fingerprint density at radius 2 is 2.00 bits per heavy atom. The number of nitrogens with zero attached hydrogens (tertiary/aromatic N) is 4. The molecule has 2 aliphatic rings. The standard InChI is InChI=1S/C17H29N5/c1-18-11-17-14-22(20-19-17)13-16-7-9-21(10-8-16)12-15-5-3-2-4-6-15/h2-3,14-16,18H,4-13H2,1H3. The van der Waals surface area contributed by atoms with Gasteiger partial charge in [-0.05, 0) is 64.1 Å². The van der Waals surface area contributed by atoms with Crippen LogP contribution in [0.4, 0.5) is 0 Å². The summed E-state index contributed by atoms with van der Waals surface area (Å²) in [6.07, 6.45) is 13.3. The molecule has 1 aromatic rings. The third kappa shape index (κ3) is 4.40. The van der Waals surface area contributed by atoms with E-state index in [2.05, 4.69) is 38.9 Å². The average molecular weight is 303 g/mol. The SMILES string of the molecule is CNCc1cn(CC2CCN(CC3CC=CCC3)CC2)nn1. The molecule has 122 valence electrons. The van der Waals surface area contributed by atoms with Crippen molar-refractivity contribution >= 4 is 0 Å². The molecular formula is C17H29N5. The van der Waals surface area contributed by atoms with Crippen molar-refractivity contribution in [2.75, 3.05) is 26.7 Å². The molecule has 5 nitrogen and oxygen atoms in total. The minimum atomic E-state index is 0.756. The molecule has 1 fully saturated rings. The van der Waals surface area contributed by atoms with Crippen molar-refractivity contribution in [3.05, 3.63) is 24.0 Å². The fourth-order valence-corrected chi connectivity index (χ4v) is 3.69. The lowest BCUT2D eigenvalue weighted by molar-refractivity contribution is 0.146. The van der Waals surface area contributed by atoms with Crippen LogP contribution in [0.25, 0.3) is 0 Å². The Morgan fingerprint density at radius 1 is 1.14 bits per heavy atom. The van der Waals surface area contributed by atoms with Gasteiger partial charge in [0.05, 0.1) is 5.69 Å². The maximum Gasteiger partial charge on any atom is 0.0964 e. The first-order valence-corrected chi connectivity index (χ1v) is 8.74. The maximum atomic E-state index is 4.25. The van der Waals surface area contributed by atoms with Gasteiger partial charge in [0.25, 0.3) is 0 Å². The van der Waals surface area contributed by atoms with Crippen LogP contribution < -0.4 is 5.32 Å². The quantitative estimate of drug-likeness (QED) is 0.817. The van der Waals surface area contributed by atoms with Gasteiger partial charge in [0, 0.05) is 25.8 Å². The summed E-state index contributed by atoms with van der Waals surface area (Å²) in [5, 5.41) is 11.6. The van der Waals surface area contributed by atoms with Gasteiger partial charge in [-0.2, -0.15) is 0 Å². The number of hydrogen-bond donors (Lipinski definition) is 1. The number of aromatic nitrogens is 3. The zero-order valence-electron chi connectivity index (χ0n) is 13.7. The molecule has 1 N–H and O–H groups in total. The second kappa shape index (κ2) is 7.88. The van der Waals surface area contributed by atoms with Gasteiger partial charge in [-0.25, -0.2) is 0 Å². The van der Waals surface area contributed by atoms with E-state index < -0.39 is 0 Å². The zero-order valence-corrected chi connectivity index (χ0v) is 13.7. The lowest BCUT2D eigenvalue weighted by Gasteiger charge is -2.34. The summed E-state index contributed by atoms with van der Waals surface area (Å²) in [5.74, 6) is 1.65. The van der Waals surface area contributed by atoms with Crippen molar-refractivity contribution in [3.63, 3.8) is 0 Å². The molecule has 1 aliphatic heterocycles. The van der Waals surface area contributed by atoms with Crippen LogP contribution in [0.15, 0.2) is 18.3 Å². The molecule has 0 bridgehead atoms. The van der Waals surface area contributed by atoms with Crippen LogP contribution in [0.5, 0.6) is 0 Å². The molecule has 2 heterocycles. The van der Waals surface area contributed by atoms with Crippen LogP contribution in [-0.2, 0) is 13.1 Å². The highest BCUT2D eigenvalue weighted by atomic mass is 15.4. The molecule has 0 saturated carbocycles. The normalized spacial score (nSPS) is 24.0. The number of allylic oxidation sites excluding steroid dienone is 2. The molecule has 1 atom stereocenters. The van der Waals surface area contributed by atoms with Gasteiger partial charge in [0.1, 0.15) is 0 Å². The van der Waals surface area contributed by atoms with Crippen molar-refractivity contribution in [3.8, 4) is 0 Å². The lowest BCUT2D eigenvalue weighted by Crippen LogP contribution is -2.38. The van der Waals surface area contributed by atoms with Crippen molar-refractivity contribution in [2.45, 2.75) is 45.2 Å². The highest BCUT2D eigenvalue weighted by Crippen LogP contribution is 2.23. The Balaban J connectivity index is 1.40. The second-order valence-corrected chi connectivity index (χ2v) is 6.86. The van der Waals surface area contributed by atoms with Gasteiger partial charge in [-0.3, -0.25) is 4.68 Å². The summed E-state index contributed by atoms with van der Waals surface area (Å²) in [7, 11) is 1.94. The third-order valence-corrected chi connectivity index (χ3v) is 4.99. The summed E-state index contributed by atoms with van der Waals surface area (Å²) in [6.45, 7) is 5.63. The topological polar surface area (TPSA) is 46.0 Å². The van der Waals surface area contributed by atoms with E-state index in [9.17, 15) is 0 Å². The number of hydrogen-bond acceptors (Lipinski definition) is 4. The number of rotatable bonds is 6. The van der Waals surface area contributed by atoms with E-state index in [1.165, 1.54) is 51.7 Å². The Labute approximate surface area is 133 Å². The third-order valence-electron chi connectivity index (χ3n) is 4.99. The predicted molar refractivity (Wildman–Crippen MR) is 88.4 cm³/mol. The van der Waals surface area contributed by atoms with Crippen molar-refractivity contribution in [2.24, 2.45) is 11.8 Å². The molecule has 22 heavy (non-hydrogen) atoms. The summed E-state index contributed by atoms with van der Waals surface area (Å²) in [4.78, 5) is 2.67. The highest BCUT2D eigenvalue weighted by Gasteiger charge is 2.22. The number of piperidine rings is 1. The fraction of sp³-hybridized carbons (Fsp3) is 0.765. The monoisotopic (exact) mass is 303 g/mol. The summed E-state index contributed by atoms with van der Waals surface area (Å²) in [5.41, 5.74) is 1.03. The number of likely N-dealkylation sites (tertiary alicyclic amines) is 1. The summed E-state index contributed by atoms with van der Waals surface area (Å²) < 4.78 is 2.03. The minimum Gasteiger partial charge on any atom is -0.314 e. The smallest absolute Gasteiger partial charge is 0.0964 e. The summed E-state index contributed by atoms with van der Waals surface area (Å²) >= 11 is 0. The predicted octanol–water partition coefficient (Wildman–Crippen LogP) is 2.07. The van der Waals surface area contributed by atoms with E-state index in [1.807, 2.05) is 11.7 Å². The molecule has 1 aliphatic carbocycles. The Bertz CT molecular complexity index is 473. The molecule has 3 rings (SSSR count). The van der Waals surface area contributed by atoms with Gasteiger partial charge in [-0.1, -0.05) is 17.4 Å². The second-order valence-electron chi connectivity index (χ2n) is 6.86. The molecule has 1 saturated heterocycles. The van der Waals surface area contributed by atoms with Gasteiger partial charge >= 0.3 is 0 Å². The van der Waals surface area contributed by atoms with Gasteiger partial charge < -0.3 is 10.2 Å². The molecule has 0 spiro atoms. The first-order chi connectivity index (χ1) is 10.8. The lowest BCUT2D eigenvalue weighted by atomic mass is 9.91. The summed E-state index contributed by atoms with van der Waals surface area (Å²) in [6, 6.07) is 0. The maximum absolute atomic E-state index is 4.25. The van der Waals surface area contributed by atoms with Crippen LogP contribution in [0, 0.1) is 11.8 Å². The van der Waals surface area contributed by atoms with Crippen molar-refractivity contribution in [1.29, 1.82) is 0 Å².